The molecule has 2 unspecified atom stereocenters. The van der Waals surface area contributed by atoms with Gasteiger partial charge in [0.1, 0.15) is 0 Å². The molecule has 0 bridgehead atoms. The first-order valence-corrected chi connectivity index (χ1v) is 7.77. The number of nitrogens with one attached hydrogen (secondary N) is 1. The molecule has 19 heavy (non-hydrogen) atoms. The third-order valence-electron chi connectivity index (χ3n) is 3.75. The van der Waals surface area contributed by atoms with Gasteiger partial charge in [-0.3, -0.25) is 4.90 Å². The summed E-state index contributed by atoms with van der Waals surface area (Å²) in [7, 11) is 0. The van der Waals surface area contributed by atoms with Gasteiger partial charge < -0.3 is 5.32 Å². The summed E-state index contributed by atoms with van der Waals surface area (Å²) in [5, 5.41) is 4.91. The molecule has 1 N–H and O–H groups in total. The van der Waals surface area contributed by atoms with E-state index < -0.39 is 0 Å². The molecule has 0 spiro atoms. The van der Waals surface area contributed by atoms with Crippen LogP contribution in [0.2, 0.25) is 10.0 Å². The molecule has 0 amide bonds. The minimum Gasteiger partial charge on any atom is -0.311 e. The Morgan fingerprint density at radius 1 is 1.37 bits per heavy atom. The van der Waals surface area contributed by atoms with Crippen LogP contribution in [0.5, 0.6) is 0 Å². The fourth-order valence-corrected chi connectivity index (χ4v) is 3.11. The summed E-state index contributed by atoms with van der Waals surface area (Å²) in [5.41, 5.74) is 1.13. The maximum atomic E-state index is 6.30. The van der Waals surface area contributed by atoms with Gasteiger partial charge >= 0.3 is 0 Å². The highest BCUT2D eigenvalue weighted by Gasteiger charge is 2.25. The molecule has 1 fully saturated rings. The zero-order valence-corrected chi connectivity index (χ0v) is 13.1. The molecule has 4 heteroatoms. The predicted molar refractivity (Wildman–Crippen MR) is 83.0 cm³/mol. The minimum atomic E-state index is 0.533. The van der Waals surface area contributed by atoms with E-state index in [0.29, 0.717) is 22.1 Å². The van der Waals surface area contributed by atoms with E-state index in [1.807, 2.05) is 12.1 Å². The Morgan fingerprint density at radius 3 is 2.89 bits per heavy atom. The normalized spacial score (nSPS) is 24.6. The Hall–Kier alpha value is -0.280. The maximum Gasteiger partial charge on any atom is 0.0637 e. The second-order valence-corrected chi connectivity index (χ2v) is 6.18. The van der Waals surface area contributed by atoms with Gasteiger partial charge in [-0.1, -0.05) is 48.7 Å². The van der Waals surface area contributed by atoms with Crippen molar-refractivity contribution in [1.29, 1.82) is 0 Å². The predicted octanol–water partition coefficient (Wildman–Crippen LogP) is 3.96. The molecule has 2 atom stereocenters. The highest BCUT2D eigenvalue weighted by molar-refractivity contribution is 6.42. The molecular formula is C15H22Cl2N2. The second-order valence-electron chi connectivity index (χ2n) is 5.39. The molecule has 0 aromatic heterocycles. The van der Waals surface area contributed by atoms with Crippen molar-refractivity contribution in [2.45, 2.75) is 45.3 Å². The summed E-state index contributed by atoms with van der Waals surface area (Å²) < 4.78 is 0. The van der Waals surface area contributed by atoms with E-state index in [9.17, 15) is 0 Å². The van der Waals surface area contributed by atoms with Crippen LogP contribution in [-0.4, -0.2) is 30.1 Å². The summed E-state index contributed by atoms with van der Waals surface area (Å²) in [6, 6.07) is 7.02. The quantitative estimate of drug-likeness (QED) is 0.905. The summed E-state index contributed by atoms with van der Waals surface area (Å²) >= 11 is 12.4. The average molecular weight is 301 g/mol. The number of halogens is 2. The monoisotopic (exact) mass is 300 g/mol. The average Bonchev–Trinajstić information content (AvgIpc) is 2.38. The van der Waals surface area contributed by atoms with Crippen molar-refractivity contribution in [2.75, 3.05) is 13.1 Å². The summed E-state index contributed by atoms with van der Waals surface area (Å²) in [6.45, 7) is 7.48. The molecule has 0 radical (unpaired) electrons. The Labute approximate surface area is 126 Å². The lowest BCUT2D eigenvalue weighted by atomic mass is 10.0. The number of piperazine rings is 1. The first-order chi connectivity index (χ1) is 9.11. The Bertz CT molecular complexity index is 423. The van der Waals surface area contributed by atoms with Crippen molar-refractivity contribution in [1.82, 2.24) is 10.2 Å². The topological polar surface area (TPSA) is 15.3 Å². The molecule has 1 aliphatic rings. The van der Waals surface area contributed by atoms with Gasteiger partial charge in [0, 0.05) is 31.7 Å². The smallest absolute Gasteiger partial charge is 0.0637 e. The summed E-state index contributed by atoms with van der Waals surface area (Å²) in [6.07, 6.45) is 2.43. The molecular weight excluding hydrogens is 279 g/mol. The largest absolute Gasteiger partial charge is 0.311 e. The summed E-state index contributed by atoms with van der Waals surface area (Å²) in [5.74, 6) is 0. The first-order valence-electron chi connectivity index (χ1n) is 7.02. The summed E-state index contributed by atoms with van der Waals surface area (Å²) in [4.78, 5) is 2.53. The van der Waals surface area contributed by atoms with Gasteiger partial charge in [-0.25, -0.2) is 0 Å². The molecule has 1 saturated heterocycles. The van der Waals surface area contributed by atoms with Crippen molar-refractivity contribution < 1.29 is 0 Å². The number of nitrogens with zero attached hydrogens (tertiary/aromatic N) is 1. The number of hydrogen-bond donors (Lipinski definition) is 1. The van der Waals surface area contributed by atoms with E-state index in [2.05, 4.69) is 30.1 Å². The highest BCUT2D eigenvalue weighted by atomic mass is 35.5. The third-order valence-corrected chi connectivity index (χ3v) is 4.61. The van der Waals surface area contributed by atoms with Gasteiger partial charge in [0.15, 0.2) is 0 Å². The van der Waals surface area contributed by atoms with Crippen LogP contribution in [0.25, 0.3) is 0 Å². The molecule has 0 aliphatic carbocycles. The zero-order valence-electron chi connectivity index (χ0n) is 11.6. The molecule has 1 aromatic carbocycles. The highest BCUT2D eigenvalue weighted by Crippen LogP contribution is 2.27. The SMILES string of the molecule is CCCC1CNC(C)CN1Cc1cccc(Cl)c1Cl. The van der Waals surface area contributed by atoms with Crippen molar-refractivity contribution in [2.24, 2.45) is 0 Å². The lowest BCUT2D eigenvalue weighted by Crippen LogP contribution is -2.54. The maximum absolute atomic E-state index is 6.30. The van der Waals surface area contributed by atoms with Crippen LogP contribution >= 0.6 is 23.2 Å². The van der Waals surface area contributed by atoms with Gasteiger partial charge in [-0.05, 0) is 25.0 Å². The Balaban J connectivity index is 2.11. The van der Waals surface area contributed by atoms with Crippen LogP contribution in [-0.2, 0) is 6.54 Å². The number of benzene rings is 1. The first kappa shape index (κ1) is 15.1. The third kappa shape index (κ3) is 3.85. The number of rotatable bonds is 4. The van der Waals surface area contributed by atoms with E-state index in [1.165, 1.54) is 12.8 Å². The molecule has 0 saturated carbocycles. The van der Waals surface area contributed by atoms with Crippen molar-refractivity contribution in [3.05, 3.63) is 33.8 Å². The lowest BCUT2D eigenvalue weighted by Gasteiger charge is -2.39. The van der Waals surface area contributed by atoms with Crippen LogP contribution in [0.15, 0.2) is 18.2 Å². The van der Waals surface area contributed by atoms with Crippen molar-refractivity contribution in [3.8, 4) is 0 Å². The van der Waals surface area contributed by atoms with Crippen LogP contribution in [0.1, 0.15) is 32.3 Å². The van der Waals surface area contributed by atoms with Crippen LogP contribution in [0.4, 0.5) is 0 Å². The molecule has 2 rings (SSSR count). The van der Waals surface area contributed by atoms with Crippen LogP contribution in [0.3, 0.4) is 0 Å². The minimum absolute atomic E-state index is 0.533. The molecule has 2 nitrogen and oxygen atoms in total. The Kier molecular flexibility index (Phi) is 5.52. The molecule has 106 valence electrons. The molecule has 1 aromatic rings. The lowest BCUT2D eigenvalue weighted by molar-refractivity contribution is 0.120. The van der Waals surface area contributed by atoms with E-state index >= 15 is 0 Å². The zero-order chi connectivity index (χ0) is 13.8. The number of hydrogen-bond acceptors (Lipinski definition) is 2. The molecule has 1 aliphatic heterocycles. The van der Waals surface area contributed by atoms with E-state index in [-0.39, 0.29) is 0 Å². The fraction of sp³-hybridized carbons (Fsp3) is 0.600. The van der Waals surface area contributed by atoms with Gasteiger partial charge in [-0.2, -0.15) is 0 Å². The van der Waals surface area contributed by atoms with E-state index in [1.54, 1.807) is 0 Å². The standard InChI is InChI=1S/C15H22Cl2N2/c1-3-5-13-8-18-11(2)9-19(13)10-12-6-4-7-14(16)15(12)17/h4,6-7,11,13,18H,3,5,8-10H2,1-2H3. The van der Waals surface area contributed by atoms with Crippen molar-refractivity contribution >= 4 is 23.2 Å². The van der Waals surface area contributed by atoms with E-state index in [0.717, 1.165) is 25.2 Å². The van der Waals surface area contributed by atoms with Gasteiger partial charge in [0.05, 0.1) is 10.0 Å². The fourth-order valence-electron chi connectivity index (χ4n) is 2.73. The Morgan fingerprint density at radius 2 is 2.16 bits per heavy atom. The van der Waals surface area contributed by atoms with Crippen LogP contribution < -0.4 is 5.32 Å². The van der Waals surface area contributed by atoms with Crippen LogP contribution in [0, 0.1) is 0 Å². The van der Waals surface area contributed by atoms with Gasteiger partial charge in [0.25, 0.3) is 0 Å². The van der Waals surface area contributed by atoms with E-state index in [4.69, 9.17) is 23.2 Å². The van der Waals surface area contributed by atoms with Gasteiger partial charge in [-0.15, -0.1) is 0 Å². The van der Waals surface area contributed by atoms with Gasteiger partial charge in [0.2, 0.25) is 0 Å². The second kappa shape index (κ2) is 6.94. The van der Waals surface area contributed by atoms with Crippen molar-refractivity contribution in [3.63, 3.8) is 0 Å². The molecule has 1 heterocycles.